The van der Waals surface area contributed by atoms with E-state index in [4.69, 9.17) is 0 Å². The van der Waals surface area contributed by atoms with Crippen molar-refractivity contribution >= 4 is 10.9 Å². The fourth-order valence-electron chi connectivity index (χ4n) is 3.29. The zero-order valence-corrected chi connectivity index (χ0v) is 10.7. The normalized spacial score (nSPS) is 23.9. The number of aromatic nitrogens is 1. The topological polar surface area (TPSA) is 27.8 Å². The maximum Gasteiger partial charge on any atom is 0.147 e. The minimum absolute atomic E-state index is 0.157. The van der Waals surface area contributed by atoms with Crippen LogP contribution in [0.3, 0.4) is 0 Å². The first-order chi connectivity index (χ1) is 8.79. The summed E-state index contributed by atoms with van der Waals surface area (Å²) in [6.07, 6.45) is 6.84. The molecular formula is C15H19FN2. The van der Waals surface area contributed by atoms with E-state index in [0.29, 0.717) is 17.5 Å². The molecule has 1 aliphatic rings. The third-order valence-corrected chi connectivity index (χ3v) is 4.26. The van der Waals surface area contributed by atoms with Crippen molar-refractivity contribution in [1.29, 1.82) is 0 Å². The summed E-state index contributed by atoms with van der Waals surface area (Å²) in [5.74, 6) is 0.521. The van der Waals surface area contributed by atoms with Gasteiger partial charge in [-0.2, -0.15) is 0 Å². The Bertz CT molecular complexity index is 546. The molecule has 0 saturated heterocycles. The van der Waals surface area contributed by atoms with Gasteiger partial charge in [-0.25, -0.2) is 4.39 Å². The van der Waals surface area contributed by atoms with Crippen LogP contribution in [0.25, 0.3) is 10.9 Å². The van der Waals surface area contributed by atoms with Gasteiger partial charge in [0.2, 0.25) is 0 Å². The Hall–Kier alpha value is -1.35. The van der Waals surface area contributed by atoms with Crippen molar-refractivity contribution < 1.29 is 4.39 Å². The van der Waals surface area contributed by atoms with Gasteiger partial charge in [-0.05, 0) is 43.9 Å². The number of halogens is 1. The predicted molar refractivity (Wildman–Crippen MR) is 72.1 cm³/mol. The number of nitrogens with one attached hydrogen (secondary N) is 2. The molecule has 18 heavy (non-hydrogen) atoms. The zero-order valence-electron chi connectivity index (χ0n) is 10.7. The highest BCUT2D eigenvalue weighted by molar-refractivity contribution is 5.83. The molecular weight excluding hydrogens is 227 g/mol. The lowest BCUT2D eigenvalue weighted by Crippen LogP contribution is -2.29. The third kappa shape index (κ3) is 1.93. The highest BCUT2D eigenvalue weighted by Crippen LogP contribution is 2.31. The van der Waals surface area contributed by atoms with Crippen LogP contribution in [0.5, 0.6) is 0 Å². The van der Waals surface area contributed by atoms with Gasteiger partial charge < -0.3 is 10.3 Å². The third-order valence-electron chi connectivity index (χ3n) is 4.26. The smallest absolute Gasteiger partial charge is 0.147 e. The van der Waals surface area contributed by atoms with Gasteiger partial charge in [0.1, 0.15) is 5.82 Å². The van der Waals surface area contributed by atoms with Gasteiger partial charge >= 0.3 is 0 Å². The van der Waals surface area contributed by atoms with Crippen LogP contribution in [-0.2, 0) is 6.42 Å². The number of H-pyrrole nitrogens is 1. The summed E-state index contributed by atoms with van der Waals surface area (Å²) < 4.78 is 13.6. The average molecular weight is 246 g/mol. The van der Waals surface area contributed by atoms with Crippen LogP contribution >= 0.6 is 0 Å². The molecule has 0 bridgehead atoms. The van der Waals surface area contributed by atoms with E-state index in [9.17, 15) is 4.39 Å². The molecule has 0 aliphatic heterocycles. The standard InChI is InChI=1S/C15H19FN2/c1-17-14-7-2-4-10(14)8-11-9-18-15-12(11)5-3-6-13(15)16/h3,5-6,9-10,14,17-18H,2,4,7-8H2,1H3. The van der Waals surface area contributed by atoms with Crippen LogP contribution in [0.15, 0.2) is 24.4 Å². The molecule has 2 unspecified atom stereocenters. The first kappa shape index (κ1) is 11.7. The van der Waals surface area contributed by atoms with E-state index < -0.39 is 0 Å². The average Bonchev–Trinajstić information content (AvgIpc) is 2.98. The van der Waals surface area contributed by atoms with Crippen LogP contribution < -0.4 is 5.32 Å². The lowest BCUT2D eigenvalue weighted by atomic mass is 9.94. The second-order valence-electron chi connectivity index (χ2n) is 5.27. The number of rotatable bonds is 3. The SMILES string of the molecule is CNC1CCCC1Cc1c[nH]c2c(F)cccc12. The largest absolute Gasteiger partial charge is 0.359 e. The summed E-state index contributed by atoms with van der Waals surface area (Å²) in [6, 6.07) is 5.92. The maximum absolute atomic E-state index is 13.6. The molecule has 2 atom stereocenters. The van der Waals surface area contributed by atoms with Crippen molar-refractivity contribution in [3.05, 3.63) is 35.8 Å². The van der Waals surface area contributed by atoms with Crippen molar-refractivity contribution in [2.45, 2.75) is 31.7 Å². The number of aromatic amines is 1. The molecule has 2 nitrogen and oxygen atoms in total. The highest BCUT2D eigenvalue weighted by atomic mass is 19.1. The molecule has 3 rings (SSSR count). The second kappa shape index (κ2) is 4.73. The molecule has 1 aromatic carbocycles. The summed E-state index contributed by atoms with van der Waals surface area (Å²) in [7, 11) is 2.04. The minimum Gasteiger partial charge on any atom is -0.359 e. The Morgan fingerprint density at radius 1 is 1.39 bits per heavy atom. The van der Waals surface area contributed by atoms with E-state index in [-0.39, 0.29) is 5.82 Å². The van der Waals surface area contributed by atoms with Crippen LogP contribution in [-0.4, -0.2) is 18.1 Å². The van der Waals surface area contributed by atoms with Crippen molar-refractivity contribution in [3.63, 3.8) is 0 Å². The molecule has 1 aromatic heterocycles. The van der Waals surface area contributed by atoms with E-state index in [2.05, 4.69) is 10.3 Å². The summed E-state index contributed by atoms with van der Waals surface area (Å²) in [6.45, 7) is 0. The Balaban J connectivity index is 1.89. The molecule has 2 aromatic rings. The van der Waals surface area contributed by atoms with E-state index in [1.807, 2.05) is 19.3 Å². The first-order valence-electron chi connectivity index (χ1n) is 6.71. The molecule has 0 spiro atoms. The molecule has 96 valence electrons. The number of para-hydroxylation sites is 1. The van der Waals surface area contributed by atoms with Crippen LogP contribution in [0, 0.1) is 11.7 Å². The predicted octanol–water partition coefficient (Wildman–Crippen LogP) is 3.24. The summed E-state index contributed by atoms with van der Waals surface area (Å²) in [5, 5.41) is 4.44. The minimum atomic E-state index is -0.157. The Morgan fingerprint density at radius 3 is 3.11 bits per heavy atom. The van der Waals surface area contributed by atoms with Crippen molar-refractivity contribution in [2.75, 3.05) is 7.05 Å². The number of fused-ring (bicyclic) bond motifs is 1. The lowest BCUT2D eigenvalue weighted by molar-refractivity contribution is 0.424. The molecule has 1 aliphatic carbocycles. The van der Waals surface area contributed by atoms with Gasteiger partial charge in [0.15, 0.2) is 0 Å². The van der Waals surface area contributed by atoms with Crippen LogP contribution in [0.4, 0.5) is 4.39 Å². The highest BCUT2D eigenvalue weighted by Gasteiger charge is 2.26. The molecule has 0 radical (unpaired) electrons. The summed E-state index contributed by atoms with van der Waals surface area (Å²) >= 11 is 0. The molecule has 2 N–H and O–H groups in total. The van der Waals surface area contributed by atoms with Gasteiger partial charge in [0, 0.05) is 17.6 Å². The Morgan fingerprint density at radius 2 is 2.28 bits per heavy atom. The van der Waals surface area contributed by atoms with E-state index >= 15 is 0 Å². The van der Waals surface area contributed by atoms with Gasteiger partial charge in [0.05, 0.1) is 5.52 Å². The molecule has 3 heteroatoms. The zero-order chi connectivity index (χ0) is 12.5. The second-order valence-corrected chi connectivity index (χ2v) is 5.27. The lowest BCUT2D eigenvalue weighted by Gasteiger charge is -2.18. The molecule has 1 heterocycles. The number of hydrogen-bond donors (Lipinski definition) is 2. The van der Waals surface area contributed by atoms with E-state index in [1.54, 1.807) is 6.07 Å². The first-order valence-corrected chi connectivity index (χ1v) is 6.71. The number of benzene rings is 1. The number of hydrogen-bond acceptors (Lipinski definition) is 1. The van der Waals surface area contributed by atoms with E-state index in [0.717, 1.165) is 11.8 Å². The Labute approximate surface area is 107 Å². The van der Waals surface area contributed by atoms with E-state index in [1.165, 1.54) is 30.9 Å². The fourth-order valence-corrected chi connectivity index (χ4v) is 3.29. The van der Waals surface area contributed by atoms with Gasteiger partial charge in [-0.3, -0.25) is 0 Å². The van der Waals surface area contributed by atoms with Gasteiger partial charge in [-0.15, -0.1) is 0 Å². The van der Waals surface area contributed by atoms with Gasteiger partial charge in [0.25, 0.3) is 0 Å². The molecule has 1 fully saturated rings. The van der Waals surface area contributed by atoms with Gasteiger partial charge in [-0.1, -0.05) is 18.6 Å². The molecule has 1 saturated carbocycles. The maximum atomic E-state index is 13.6. The van der Waals surface area contributed by atoms with Crippen LogP contribution in [0.1, 0.15) is 24.8 Å². The monoisotopic (exact) mass is 246 g/mol. The quantitative estimate of drug-likeness (QED) is 0.855. The Kier molecular flexibility index (Phi) is 3.08. The fraction of sp³-hybridized carbons (Fsp3) is 0.467. The summed E-state index contributed by atoms with van der Waals surface area (Å²) in [4.78, 5) is 3.07. The molecule has 0 amide bonds. The van der Waals surface area contributed by atoms with Crippen molar-refractivity contribution in [1.82, 2.24) is 10.3 Å². The van der Waals surface area contributed by atoms with Crippen LogP contribution in [0.2, 0.25) is 0 Å². The van der Waals surface area contributed by atoms with Crippen molar-refractivity contribution in [2.24, 2.45) is 5.92 Å². The van der Waals surface area contributed by atoms with Crippen molar-refractivity contribution in [3.8, 4) is 0 Å². The summed E-state index contributed by atoms with van der Waals surface area (Å²) in [5.41, 5.74) is 1.89.